The van der Waals surface area contributed by atoms with Crippen LogP contribution in [-0.2, 0) is 11.2 Å². The average molecular weight is 312 g/mol. The number of aryl methyl sites for hydroxylation is 1. The van der Waals surface area contributed by atoms with E-state index in [1.165, 1.54) is 41.5 Å². The van der Waals surface area contributed by atoms with Crippen molar-refractivity contribution < 1.29 is 9.18 Å². The number of carbonyl (C=O) groups excluding carboxylic acids is 1. The number of halogens is 1. The Balaban J connectivity index is 1.90. The molecule has 8 heteroatoms. The van der Waals surface area contributed by atoms with Gasteiger partial charge in [-0.3, -0.25) is 4.79 Å². The molecule has 0 unspecified atom stereocenters. The molecule has 1 aromatic heterocycles. The number of nitrogens with zero attached hydrogens (tertiary/aromatic N) is 2. The number of nitrogens with two attached hydrogens (primary N) is 1. The fourth-order valence-electron chi connectivity index (χ4n) is 1.39. The van der Waals surface area contributed by atoms with Gasteiger partial charge in [-0.1, -0.05) is 18.7 Å². The van der Waals surface area contributed by atoms with Gasteiger partial charge in [0.15, 0.2) is 4.34 Å². The molecule has 3 N–H and O–H groups in total. The third-order valence-corrected chi connectivity index (χ3v) is 4.25. The summed E-state index contributed by atoms with van der Waals surface area (Å²) in [6.07, 6.45) is 0.767. The normalized spacial score (nSPS) is 10.5. The Kier molecular flexibility index (Phi) is 4.91. The zero-order chi connectivity index (χ0) is 14.5. The minimum Gasteiger partial charge on any atom is -0.397 e. The molecule has 0 saturated heterocycles. The number of rotatable bonds is 5. The summed E-state index contributed by atoms with van der Waals surface area (Å²) in [5, 5.41) is 2.57. The highest BCUT2D eigenvalue weighted by molar-refractivity contribution is 8.01. The van der Waals surface area contributed by atoms with Crippen LogP contribution in [0.1, 0.15) is 12.7 Å². The molecule has 0 bridgehead atoms. The van der Waals surface area contributed by atoms with Crippen LogP contribution >= 0.6 is 23.3 Å². The Morgan fingerprint density at radius 3 is 3.05 bits per heavy atom. The molecule has 0 atom stereocenters. The van der Waals surface area contributed by atoms with Gasteiger partial charge in [-0.25, -0.2) is 9.37 Å². The van der Waals surface area contributed by atoms with Crippen molar-refractivity contribution >= 4 is 40.6 Å². The minimum absolute atomic E-state index is 0.175. The predicted molar refractivity (Wildman–Crippen MR) is 79.5 cm³/mol. The van der Waals surface area contributed by atoms with Crippen molar-refractivity contribution in [2.45, 2.75) is 17.7 Å². The number of nitrogen functional groups attached to an aromatic ring is 1. The van der Waals surface area contributed by atoms with Crippen LogP contribution in [0.3, 0.4) is 0 Å². The zero-order valence-electron chi connectivity index (χ0n) is 10.7. The maximum atomic E-state index is 13.1. The van der Waals surface area contributed by atoms with Gasteiger partial charge >= 0.3 is 0 Å². The fourth-order valence-corrected chi connectivity index (χ4v) is 2.89. The van der Waals surface area contributed by atoms with Crippen molar-refractivity contribution in [2.24, 2.45) is 0 Å². The van der Waals surface area contributed by atoms with E-state index in [1.54, 1.807) is 0 Å². The SMILES string of the molecule is CCc1nsc(SCC(=O)Nc2cc(F)ccc2N)n1. The lowest BCUT2D eigenvalue weighted by Crippen LogP contribution is -2.15. The van der Waals surface area contributed by atoms with Crippen molar-refractivity contribution in [3.05, 3.63) is 29.8 Å². The van der Waals surface area contributed by atoms with Crippen LogP contribution < -0.4 is 11.1 Å². The summed E-state index contributed by atoms with van der Waals surface area (Å²) >= 11 is 2.56. The van der Waals surface area contributed by atoms with E-state index in [-0.39, 0.29) is 17.3 Å². The third-order valence-electron chi connectivity index (χ3n) is 2.38. The number of anilines is 2. The first-order valence-electron chi connectivity index (χ1n) is 5.88. The smallest absolute Gasteiger partial charge is 0.234 e. The lowest BCUT2D eigenvalue weighted by molar-refractivity contribution is -0.113. The summed E-state index contributed by atoms with van der Waals surface area (Å²) in [6.45, 7) is 1.97. The highest BCUT2D eigenvalue weighted by atomic mass is 32.2. The van der Waals surface area contributed by atoms with Crippen LogP contribution in [0, 0.1) is 5.82 Å². The first kappa shape index (κ1) is 14.7. The molecule has 0 aliphatic heterocycles. The molecular formula is C12H13FN4OS2. The standard InChI is InChI=1S/C12H13FN4OS2/c1-2-10-16-12(20-17-10)19-6-11(18)15-9-5-7(13)3-4-8(9)14/h3-5H,2,6,14H2,1H3,(H,15,18). The van der Waals surface area contributed by atoms with Crippen molar-refractivity contribution in [3.63, 3.8) is 0 Å². The van der Waals surface area contributed by atoms with Gasteiger partial charge in [0.25, 0.3) is 0 Å². The van der Waals surface area contributed by atoms with Gasteiger partial charge in [0.2, 0.25) is 5.91 Å². The van der Waals surface area contributed by atoms with E-state index in [9.17, 15) is 9.18 Å². The summed E-state index contributed by atoms with van der Waals surface area (Å²) < 4.78 is 17.9. The Morgan fingerprint density at radius 1 is 1.55 bits per heavy atom. The van der Waals surface area contributed by atoms with E-state index in [2.05, 4.69) is 14.7 Å². The largest absolute Gasteiger partial charge is 0.397 e. The Morgan fingerprint density at radius 2 is 2.35 bits per heavy atom. The Bertz CT molecular complexity index is 617. The quantitative estimate of drug-likeness (QED) is 0.655. The second-order valence-corrected chi connectivity index (χ2v) is 5.87. The molecule has 1 heterocycles. The summed E-state index contributed by atoms with van der Waals surface area (Å²) in [6, 6.07) is 3.85. The number of amides is 1. The van der Waals surface area contributed by atoms with Gasteiger partial charge in [0, 0.05) is 6.42 Å². The second kappa shape index (κ2) is 6.67. The van der Waals surface area contributed by atoms with Gasteiger partial charge in [0.05, 0.1) is 17.1 Å². The van der Waals surface area contributed by atoms with E-state index < -0.39 is 5.82 Å². The van der Waals surface area contributed by atoms with E-state index in [4.69, 9.17) is 5.73 Å². The second-order valence-electron chi connectivity index (χ2n) is 3.90. The summed E-state index contributed by atoms with van der Waals surface area (Å²) in [7, 11) is 0. The van der Waals surface area contributed by atoms with E-state index in [0.717, 1.165) is 16.6 Å². The summed E-state index contributed by atoms with van der Waals surface area (Å²) in [4.78, 5) is 16.0. The van der Waals surface area contributed by atoms with Gasteiger partial charge in [-0.05, 0) is 29.7 Å². The van der Waals surface area contributed by atoms with Crippen molar-refractivity contribution in [3.8, 4) is 0 Å². The van der Waals surface area contributed by atoms with Gasteiger partial charge < -0.3 is 11.1 Å². The molecule has 0 saturated carbocycles. The number of benzene rings is 1. The van der Waals surface area contributed by atoms with Crippen molar-refractivity contribution in [2.75, 3.05) is 16.8 Å². The molecule has 106 valence electrons. The lowest BCUT2D eigenvalue weighted by atomic mass is 10.2. The van der Waals surface area contributed by atoms with E-state index in [1.807, 2.05) is 6.92 Å². The number of hydrogen-bond acceptors (Lipinski definition) is 6. The van der Waals surface area contributed by atoms with Crippen LogP contribution in [0.4, 0.5) is 15.8 Å². The summed E-state index contributed by atoms with van der Waals surface area (Å²) in [5.41, 5.74) is 6.27. The maximum absolute atomic E-state index is 13.1. The van der Waals surface area contributed by atoms with Gasteiger partial charge in [-0.15, -0.1) is 0 Å². The molecule has 0 spiro atoms. The van der Waals surface area contributed by atoms with Crippen molar-refractivity contribution in [1.82, 2.24) is 9.36 Å². The predicted octanol–water partition coefficient (Wildman–Crippen LogP) is 2.55. The maximum Gasteiger partial charge on any atom is 0.234 e. The highest BCUT2D eigenvalue weighted by Gasteiger charge is 2.09. The molecule has 2 rings (SSSR count). The van der Waals surface area contributed by atoms with Crippen molar-refractivity contribution in [1.29, 1.82) is 0 Å². The Hall–Kier alpha value is -1.67. The first-order chi connectivity index (χ1) is 9.58. The lowest BCUT2D eigenvalue weighted by Gasteiger charge is -2.07. The number of carbonyl (C=O) groups is 1. The van der Waals surface area contributed by atoms with E-state index in [0.29, 0.717) is 5.69 Å². The van der Waals surface area contributed by atoms with Crippen LogP contribution in [0.25, 0.3) is 0 Å². The molecule has 5 nitrogen and oxygen atoms in total. The molecule has 1 amide bonds. The monoisotopic (exact) mass is 312 g/mol. The first-order valence-corrected chi connectivity index (χ1v) is 7.64. The average Bonchev–Trinajstić information content (AvgIpc) is 2.89. The van der Waals surface area contributed by atoms with Crippen LogP contribution in [0.15, 0.2) is 22.5 Å². The molecule has 0 aliphatic rings. The van der Waals surface area contributed by atoms with Gasteiger partial charge in [0.1, 0.15) is 11.6 Å². The summed E-state index contributed by atoms with van der Waals surface area (Å²) in [5.74, 6) is 0.237. The molecular weight excluding hydrogens is 299 g/mol. The minimum atomic E-state index is -0.445. The third kappa shape index (κ3) is 3.91. The molecule has 20 heavy (non-hydrogen) atoms. The van der Waals surface area contributed by atoms with Crippen LogP contribution in [0.5, 0.6) is 0 Å². The number of nitrogens with one attached hydrogen (secondary N) is 1. The fraction of sp³-hybridized carbons (Fsp3) is 0.250. The van der Waals surface area contributed by atoms with Gasteiger partial charge in [-0.2, -0.15) is 4.37 Å². The van der Waals surface area contributed by atoms with Crippen LogP contribution in [-0.4, -0.2) is 21.0 Å². The zero-order valence-corrected chi connectivity index (χ0v) is 12.4. The van der Waals surface area contributed by atoms with E-state index >= 15 is 0 Å². The number of aromatic nitrogens is 2. The number of hydrogen-bond donors (Lipinski definition) is 2. The molecule has 0 radical (unpaired) electrons. The highest BCUT2D eigenvalue weighted by Crippen LogP contribution is 2.22. The molecule has 0 aliphatic carbocycles. The Labute approximate surface area is 124 Å². The molecule has 1 aromatic carbocycles. The number of thioether (sulfide) groups is 1. The van der Waals surface area contributed by atoms with Crippen LogP contribution in [0.2, 0.25) is 0 Å². The topological polar surface area (TPSA) is 80.9 Å². The molecule has 2 aromatic rings. The molecule has 0 fully saturated rings.